The second-order valence-corrected chi connectivity index (χ2v) is 4.80. The number of hydrogen-bond acceptors (Lipinski definition) is 2. The Bertz CT molecular complexity index is 590. The second-order valence-electron chi connectivity index (χ2n) is 3.98. The van der Waals surface area contributed by atoms with Crippen LogP contribution in [0.5, 0.6) is 11.5 Å². The van der Waals surface area contributed by atoms with Crippen LogP contribution < -0.4 is 10.5 Å². The van der Waals surface area contributed by atoms with Crippen molar-refractivity contribution in [3.8, 4) is 11.5 Å². The Kier molecular flexibility index (Phi) is 4.64. The van der Waals surface area contributed by atoms with Crippen LogP contribution in [0, 0.1) is 5.82 Å². The second kappa shape index (κ2) is 6.24. The van der Waals surface area contributed by atoms with E-state index < -0.39 is 5.82 Å². The van der Waals surface area contributed by atoms with Crippen LogP contribution in [0.4, 0.5) is 4.39 Å². The van der Waals surface area contributed by atoms with E-state index >= 15 is 0 Å². The van der Waals surface area contributed by atoms with Gasteiger partial charge in [0, 0.05) is 6.07 Å². The predicted octanol–water partition coefficient (Wildman–Crippen LogP) is 4.43. The van der Waals surface area contributed by atoms with Crippen LogP contribution in [-0.4, -0.2) is 6.54 Å². The maximum Gasteiger partial charge on any atom is 0.146 e. The smallest absolute Gasteiger partial charge is 0.146 e. The monoisotopic (exact) mass is 299 g/mol. The molecule has 5 heteroatoms. The van der Waals surface area contributed by atoms with Crippen LogP contribution in [0.1, 0.15) is 5.56 Å². The molecular formula is C14H12Cl2FNO. The summed E-state index contributed by atoms with van der Waals surface area (Å²) in [6.45, 7) is 0.554. The predicted molar refractivity (Wildman–Crippen MR) is 75.7 cm³/mol. The Hall–Kier alpha value is -1.29. The highest BCUT2D eigenvalue weighted by Crippen LogP contribution is 2.31. The van der Waals surface area contributed by atoms with Crippen molar-refractivity contribution >= 4 is 23.2 Å². The van der Waals surface area contributed by atoms with E-state index in [1.54, 1.807) is 18.2 Å². The normalized spacial score (nSPS) is 10.5. The fraction of sp³-hybridized carbons (Fsp3) is 0.143. The summed E-state index contributed by atoms with van der Waals surface area (Å²) in [6.07, 6.45) is 0.746. The standard InChI is InChI=1S/C14H12Cl2FNO/c15-11-3-2-10(8-13(11)17)19-14-4-1-9(5-6-18)7-12(14)16/h1-4,7-8H,5-6,18H2. The first-order chi connectivity index (χ1) is 9.10. The summed E-state index contributed by atoms with van der Waals surface area (Å²) in [6, 6.07) is 9.63. The Morgan fingerprint density at radius 1 is 1.05 bits per heavy atom. The third-order valence-corrected chi connectivity index (χ3v) is 3.15. The van der Waals surface area contributed by atoms with Gasteiger partial charge in [0.15, 0.2) is 0 Å². The summed E-state index contributed by atoms with van der Waals surface area (Å²) in [5, 5.41) is 0.512. The van der Waals surface area contributed by atoms with Gasteiger partial charge in [0.05, 0.1) is 10.0 Å². The van der Waals surface area contributed by atoms with Crippen molar-refractivity contribution < 1.29 is 9.13 Å². The first-order valence-corrected chi connectivity index (χ1v) is 6.47. The quantitative estimate of drug-likeness (QED) is 0.906. The molecule has 0 aliphatic carbocycles. The molecule has 0 radical (unpaired) electrons. The van der Waals surface area contributed by atoms with Gasteiger partial charge in [-0.1, -0.05) is 29.3 Å². The summed E-state index contributed by atoms with van der Waals surface area (Å²) in [4.78, 5) is 0. The van der Waals surface area contributed by atoms with Crippen LogP contribution in [-0.2, 0) is 6.42 Å². The van der Waals surface area contributed by atoms with Gasteiger partial charge in [0.25, 0.3) is 0 Å². The molecule has 2 nitrogen and oxygen atoms in total. The van der Waals surface area contributed by atoms with Crippen LogP contribution in [0.25, 0.3) is 0 Å². The molecule has 0 atom stereocenters. The van der Waals surface area contributed by atoms with Crippen molar-refractivity contribution in [3.05, 3.63) is 57.8 Å². The van der Waals surface area contributed by atoms with Crippen LogP contribution in [0.15, 0.2) is 36.4 Å². The Balaban J connectivity index is 2.20. The SMILES string of the molecule is NCCc1ccc(Oc2ccc(Cl)c(F)c2)c(Cl)c1. The van der Waals surface area contributed by atoms with E-state index in [2.05, 4.69) is 0 Å². The van der Waals surface area contributed by atoms with E-state index in [1.807, 2.05) is 6.07 Å². The molecule has 100 valence electrons. The van der Waals surface area contributed by atoms with Crippen molar-refractivity contribution in [1.82, 2.24) is 0 Å². The molecule has 19 heavy (non-hydrogen) atoms. The van der Waals surface area contributed by atoms with Gasteiger partial charge in [0.1, 0.15) is 17.3 Å². The molecule has 0 aromatic heterocycles. The van der Waals surface area contributed by atoms with Gasteiger partial charge in [-0.25, -0.2) is 4.39 Å². The molecule has 0 saturated carbocycles. The Labute approximate surface area is 120 Å². The van der Waals surface area contributed by atoms with Gasteiger partial charge in [-0.15, -0.1) is 0 Å². The summed E-state index contributed by atoms with van der Waals surface area (Å²) < 4.78 is 18.8. The first-order valence-electron chi connectivity index (χ1n) is 5.71. The van der Waals surface area contributed by atoms with Gasteiger partial charge >= 0.3 is 0 Å². The van der Waals surface area contributed by atoms with Gasteiger partial charge in [-0.2, -0.15) is 0 Å². The lowest BCUT2D eigenvalue weighted by Crippen LogP contribution is -2.02. The lowest BCUT2D eigenvalue weighted by Gasteiger charge is -2.09. The summed E-state index contributed by atoms with van der Waals surface area (Å²) in [5.74, 6) is 0.273. The molecule has 0 spiro atoms. The summed E-state index contributed by atoms with van der Waals surface area (Å²) in [7, 11) is 0. The first kappa shape index (κ1) is 14.1. The van der Waals surface area contributed by atoms with Crippen LogP contribution in [0.3, 0.4) is 0 Å². The largest absolute Gasteiger partial charge is 0.456 e. The van der Waals surface area contributed by atoms with E-state index in [-0.39, 0.29) is 5.02 Å². The highest BCUT2D eigenvalue weighted by Gasteiger charge is 2.07. The van der Waals surface area contributed by atoms with Gasteiger partial charge in [-0.05, 0) is 42.8 Å². The number of halogens is 3. The topological polar surface area (TPSA) is 35.2 Å². The number of rotatable bonds is 4. The summed E-state index contributed by atoms with van der Waals surface area (Å²) in [5.41, 5.74) is 6.50. The highest BCUT2D eigenvalue weighted by atomic mass is 35.5. The van der Waals surface area contributed by atoms with Crippen molar-refractivity contribution in [1.29, 1.82) is 0 Å². The highest BCUT2D eigenvalue weighted by molar-refractivity contribution is 6.32. The number of hydrogen-bond donors (Lipinski definition) is 1. The average molecular weight is 300 g/mol. The van der Waals surface area contributed by atoms with E-state index in [1.165, 1.54) is 12.1 Å². The van der Waals surface area contributed by atoms with E-state index in [4.69, 9.17) is 33.7 Å². The fourth-order valence-corrected chi connectivity index (χ4v) is 1.98. The van der Waals surface area contributed by atoms with Gasteiger partial charge in [-0.3, -0.25) is 0 Å². The number of ether oxygens (including phenoxy) is 1. The minimum atomic E-state index is -0.532. The van der Waals surface area contributed by atoms with Crippen LogP contribution >= 0.6 is 23.2 Å². The van der Waals surface area contributed by atoms with Crippen LogP contribution in [0.2, 0.25) is 10.0 Å². The zero-order chi connectivity index (χ0) is 13.8. The molecule has 2 aromatic rings. The molecule has 0 saturated heterocycles. The molecule has 2 aromatic carbocycles. The lowest BCUT2D eigenvalue weighted by molar-refractivity contribution is 0.477. The number of benzene rings is 2. The van der Waals surface area contributed by atoms with Gasteiger partial charge < -0.3 is 10.5 Å². The van der Waals surface area contributed by atoms with E-state index in [9.17, 15) is 4.39 Å². The fourth-order valence-electron chi connectivity index (χ4n) is 1.62. The molecule has 0 heterocycles. The van der Waals surface area contributed by atoms with Gasteiger partial charge in [0.2, 0.25) is 0 Å². The maximum atomic E-state index is 13.3. The van der Waals surface area contributed by atoms with Crippen molar-refractivity contribution in [2.24, 2.45) is 5.73 Å². The molecule has 0 unspecified atom stereocenters. The van der Waals surface area contributed by atoms with E-state index in [0.717, 1.165) is 12.0 Å². The minimum Gasteiger partial charge on any atom is -0.456 e. The number of nitrogens with two attached hydrogens (primary N) is 1. The molecule has 0 fully saturated rings. The third-order valence-electron chi connectivity index (χ3n) is 2.55. The molecule has 0 bridgehead atoms. The molecule has 0 aliphatic heterocycles. The maximum absolute atomic E-state index is 13.3. The van der Waals surface area contributed by atoms with Crippen molar-refractivity contribution in [3.63, 3.8) is 0 Å². The van der Waals surface area contributed by atoms with Crippen molar-refractivity contribution in [2.45, 2.75) is 6.42 Å². The molecule has 2 rings (SSSR count). The summed E-state index contributed by atoms with van der Waals surface area (Å²) >= 11 is 11.7. The zero-order valence-corrected chi connectivity index (χ0v) is 11.5. The molecule has 0 aliphatic rings. The van der Waals surface area contributed by atoms with E-state index in [0.29, 0.717) is 23.1 Å². The molecular weight excluding hydrogens is 288 g/mol. The lowest BCUT2D eigenvalue weighted by atomic mass is 10.1. The Morgan fingerprint density at radius 3 is 2.47 bits per heavy atom. The van der Waals surface area contributed by atoms with Crippen molar-refractivity contribution in [2.75, 3.05) is 6.54 Å². The molecule has 0 amide bonds. The third kappa shape index (κ3) is 3.60. The zero-order valence-electron chi connectivity index (χ0n) is 10.00. The average Bonchev–Trinajstić information content (AvgIpc) is 2.37. The molecule has 2 N–H and O–H groups in total. The Morgan fingerprint density at radius 2 is 1.84 bits per heavy atom. The minimum absolute atomic E-state index is 0.0525.